The molecular formula is C28H28N4O. The molecular weight excluding hydrogens is 408 g/mol. The standard InChI is InChI=1S/C28H28N4O/c1-17-13-21(6-3-5-19-8-11-24-26(15-19)32-18(2)31-24)27(29)23(14-17)28(33)22-10-9-20-7-4-12-30-25(20)16-22/h4,7-12,14-16,21H,3,5-6,13,29H2,1-2H3,(H,31,32). The van der Waals surface area contributed by atoms with Gasteiger partial charge in [-0.1, -0.05) is 35.9 Å². The Hall–Kier alpha value is -3.73. The molecule has 33 heavy (non-hydrogen) atoms. The fourth-order valence-electron chi connectivity index (χ4n) is 4.82. The lowest BCUT2D eigenvalue weighted by Gasteiger charge is -2.25. The number of carbonyl (C=O) groups is 1. The fraction of sp³-hybridized carbons (Fsp3) is 0.250. The highest BCUT2D eigenvalue weighted by molar-refractivity contribution is 6.12. The van der Waals surface area contributed by atoms with Crippen molar-refractivity contribution in [2.45, 2.75) is 39.5 Å². The highest BCUT2D eigenvalue weighted by Crippen LogP contribution is 2.32. The van der Waals surface area contributed by atoms with Crippen LogP contribution in [0, 0.1) is 12.8 Å². The smallest absolute Gasteiger partial charge is 0.194 e. The summed E-state index contributed by atoms with van der Waals surface area (Å²) in [6.07, 6.45) is 7.55. The molecule has 0 bridgehead atoms. The van der Waals surface area contributed by atoms with E-state index in [0.29, 0.717) is 16.8 Å². The molecule has 5 rings (SSSR count). The third-order valence-electron chi connectivity index (χ3n) is 6.51. The number of aromatic amines is 1. The van der Waals surface area contributed by atoms with Crippen molar-refractivity contribution in [2.24, 2.45) is 11.7 Å². The molecule has 2 heterocycles. The Labute approximate surface area is 193 Å². The van der Waals surface area contributed by atoms with Crippen molar-refractivity contribution < 1.29 is 4.79 Å². The molecule has 0 fully saturated rings. The Morgan fingerprint density at radius 1 is 1.12 bits per heavy atom. The van der Waals surface area contributed by atoms with Gasteiger partial charge in [0.05, 0.1) is 16.6 Å². The average Bonchev–Trinajstić information content (AvgIpc) is 3.19. The number of benzene rings is 2. The van der Waals surface area contributed by atoms with Gasteiger partial charge in [0.25, 0.3) is 0 Å². The summed E-state index contributed by atoms with van der Waals surface area (Å²) >= 11 is 0. The van der Waals surface area contributed by atoms with Crippen LogP contribution >= 0.6 is 0 Å². The maximum absolute atomic E-state index is 13.3. The second kappa shape index (κ2) is 8.66. The average molecular weight is 437 g/mol. The molecule has 3 N–H and O–H groups in total. The minimum atomic E-state index is -0.0239. The molecule has 2 aromatic carbocycles. The van der Waals surface area contributed by atoms with Gasteiger partial charge in [-0.25, -0.2) is 4.98 Å². The summed E-state index contributed by atoms with van der Waals surface area (Å²) in [5.41, 5.74) is 13.9. The number of ketones is 1. The van der Waals surface area contributed by atoms with Gasteiger partial charge in [-0.15, -0.1) is 0 Å². The number of aromatic nitrogens is 3. The van der Waals surface area contributed by atoms with Crippen LogP contribution in [0.3, 0.4) is 0 Å². The van der Waals surface area contributed by atoms with Crippen LogP contribution in [0.15, 0.2) is 77.6 Å². The quantitative estimate of drug-likeness (QED) is 0.374. The van der Waals surface area contributed by atoms with Gasteiger partial charge in [0.2, 0.25) is 0 Å². The number of hydrogen-bond acceptors (Lipinski definition) is 4. The highest BCUT2D eigenvalue weighted by Gasteiger charge is 2.25. The minimum absolute atomic E-state index is 0.0239. The number of nitrogens with zero attached hydrogens (tertiary/aromatic N) is 2. The van der Waals surface area contributed by atoms with Crippen molar-refractivity contribution in [1.82, 2.24) is 15.0 Å². The van der Waals surface area contributed by atoms with Crippen LogP contribution in [-0.2, 0) is 6.42 Å². The second-order valence-electron chi connectivity index (χ2n) is 9.07. The number of hydrogen-bond donors (Lipinski definition) is 2. The van der Waals surface area contributed by atoms with Gasteiger partial charge in [-0.05, 0) is 69.4 Å². The first-order valence-electron chi connectivity index (χ1n) is 11.5. The van der Waals surface area contributed by atoms with Gasteiger partial charge < -0.3 is 10.7 Å². The molecule has 1 aliphatic rings. The zero-order valence-corrected chi connectivity index (χ0v) is 19.1. The van der Waals surface area contributed by atoms with Crippen LogP contribution in [0.25, 0.3) is 21.9 Å². The molecule has 166 valence electrons. The van der Waals surface area contributed by atoms with Gasteiger partial charge in [-0.3, -0.25) is 9.78 Å². The Bertz CT molecular complexity index is 1430. The summed E-state index contributed by atoms with van der Waals surface area (Å²) in [4.78, 5) is 25.5. The van der Waals surface area contributed by atoms with E-state index in [0.717, 1.165) is 53.4 Å². The van der Waals surface area contributed by atoms with Crippen LogP contribution < -0.4 is 5.73 Å². The number of nitrogens with two attached hydrogens (primary N) is 1. The summed E-state index contributed by atoms with van der Waals surface area (Å²) in [6, 6.07) is 16.0. The largest absolute Gasteiger partial charge is 0.401 e. The molecule has 0 aliphatic heterocycles. The Balaban J connectivity index is 1.32. The number of Topliss-reactive ketones (excluding diaryl/α,β-unsaturated/α-hetero) is 1. The van der Waals surface area contributed by atoms with Gasteiger partial charge >= 0.3 is 0 Å². The number of nitrogens with one attached hydrogen (secondary N) is 1. The van der Waals surface area contributed by atoms with E-state index in [1.165, 1.54) is 11.1 Å². The third-order valence-corrected chi connectivity index (χ3v) is 6.51. The Morgan fingerprint density at radius 2 is 2.00 bits per heavy atom. The maximum atomic E-state index is 13.3. The molecule has 1 aliphatic carbocycles. The van der Waals surface area contributed by atoms with Crippen LogP contribution in [0.5, 0.6) is 0 Å². The molecule has 4 aromatic rings. The van der Waals surface area contributed by atoms with Crippen molar-refractivity contribution in [3.8, 4) is 0 Å². The van der Waals surface area contributed by atoms with E-state index < -0.39 is 0 Å². The third kappa shape index (κ3) is 4.31. The predicted molar refractivity (Wildman–Crippen MR) is 133 cm³/mol. The van der Waals surface area contributed by atoms with Crippen LogP contribution in [0.1, 0.15) is 47.9 Å². The lowest BCUT2D eigenvalue weighted by atomic mass is 9.82. The monoisotopic (exact) mass is 436 g/mol. The zero-order valence-electron chi connectivity index (χ0n) is 19.1. The molecule has 2 aromatic heterocycles. The van der Waals surface area contributed by atoms with E-state index >= 15 is 0 Å². The molecule has 0 spiro atoms. The van der Waals surface area contributed by atoms with E-state index in [1.54, 1.807) is 6.20 Å². The summed E-state index contributed by atoms with van der Waals surface area (Å²) < 4.78 is 0. The van der Waals surface area contributed by atoms with Crippen LogP contribution in [0.2, 0.25) is 0 Å². The van der Waals surface area contributed by atoms with E-state index in [1.807, 2.05) is 43.3 Å². The normalized spacial score (nSPS) is 16.4. The van der Waals surface area contributed by atoms with E-state index in [9.17, 15) is 4.79 Å². The molecule has 5 nitrogen and oxygen atoms in total. The molecule has 1 unspecified atom stereocenters. The van der Waals surface area contributed by atoms with Crippen molar-refractivity contribution in [3.63, 3.8) is 0 Å². The molecule has 1 atom stereocenters. The number of H-pyrrole nitrogens is 1. The number of allylic oxidation sites excluding steroid dienone is 4. The van der Waals surface area contributed by atoms with Gasteiger partial charge in [0.15, 0.2) is 5.78 Å². The summed E-state index contributed by atoms with van der Waals surface area (Å²) in [5, 5.41) is 1.02. The number of aryl methyl sites for hydroxylation is 2. The predicted octanol–water partition coefficient (Wildman–Crippen LogP) is 5.80. The SMILES string of the molecule is CC1=CC(C(=O)c2ccc3cccnc3c2)=C(N)C(CCCc2ccc3nc(C)[nH]c3c2)C1. The van der Waals surface area contributed by atoms with Crippen molar-refractivity contribution in [3.05, 3.63) is 94.6 Å². The molecule has 5 heteroatoms. The Morgan fingerprint density at radius 3 is 2.88 bits per heavy atom. The van der Waals surface area contributed by atoms with Crippen molar-refractivity contribution in [2.75, 3.05) is 0 Å². The van der Waals surface area contributed by atoms with Crippen LogP contribution in [-0.4, -0.2) is 20.7 Å². The summed E-state index contributed by atoms with van der Waals surface area (Å²) in [7, 11) is 0. The number of fused-ring (bicyclic) bond motifs is 2. The number of carbonyl (C=O) groups excluding carboxylic acids is 1. The second-order valence-corrected chi connectivity index (χ2v) is 9.07. The molecule has 0 saturated carbocycles. The molecule has 0 amide bonds. The molecule has 0 saturated heterocycles. The zero-order chi connectivity index (χ0) is 22.9. The Kier molecular flexibility index (Phi) is 5.55. The lowest BCUT2D eigenvalue weighted by molar-refractivity contribution is 0.103. The van der Waals surface area contributed by atoms with Gasteiger partial charge in [-0.2, -0.15) is 0 Å². The number of rotatable bonds is 6. The van der Waals surface area contributed by atoms with Gasteiger partial charge in [0.1, 0.15) is 5.82 Å². The van der Waals surface area contributed by atoms with Crippen LogP contribution in [0.4, 0.5) is 0 Å². The first-order valence-corrected chi connectivity index (χ1v) is 11.5. The lowest BCUT2D eigenvalue weighted by Crippen LogP contribution is -2.22. The maximum Gasteiger partial charge on any atom is 0.194 e. The fourth-order valence-corrected chi connectivity index (χ4v) is 4.82. The number of pyridine rings is 1. The van der Waals surface area contributed by atoms with E-state index in [2.05, 4.69) is 40.1 Å². The topological polar surface area (TPSA) is 84.7 Å². The van der Waals surface area contributed by atoms with E-state index in [-0.39, 0.29) is 11.7 Å². The summed E-state index contributed by atoms with van der Waals surface area (Å²) in [6.45, 7) is 4.06. The first kappa shape index (κ1) is 21.1. The molecule has 0 radical (unpaired) electrons. The summed E-state index contributed by atoms with van der Waals surface area (Å²) in [5.74, 6) is 1.10. The number of imidazole rings is 1. The highest BCUT2D eigenvalue weighted by atomic mass is 16.1. The van der Waals surface area contributed by atoms with Gasteiger partial charge in [0, 0.05) is 34.3 Å². The van der Waals surface area contributed by atoms with Crippen molar-refractivity contribution in [1.29, 1.82) is 0 Å². The minimum Gasteiger partial charge on any atom is -0.401 e. The first-order chi connectivity index (χ1) is 16.0. The van der Waals surface area contributed by atoms with E-state index in [4.69, 9.17) is 5.73 Å². The van der Waals surface area contributed by atoms with Crippen molar-refractivity contribution >= 4 is 27.7 Å².